The van der Waals surface area contributed by atoms with Crippen LogP contribution in [0.15, 0.2) is 72.9 Å². The summed E-state index contributed by atoms with van der Waals surface area (Å²) in [6, 6.07) is 0. The maximum absolute atomic E-state index is 10.4. The fraction of sp³-hybridized carbons (Fsp3) is 0.500. The molecule has 0 atom stereocenters. The third-order valence-corrected chi connectivity index (χ3v) is 4.08. The van der Waals surface area contributed by atoms with Crippen molar-refractivity contribution in [2.45, 2.75) is 84.0 Å². The minimum absolute atomic E-state index is 0.295. The minimum Gasteiger partial charge on any atom is -0.481 e. The number of aliphatic carboxylic acids is 1. The lowest BCUT2D eigenvalue weighted by Gasteiger charge is -1.94. The van der Waals surface area contributed by atoms with Crippen molar-refractivity contribution in [2.24, 2.45) is 0 Å². The smallest absolute Gasteiger partial charge is 0.303 e. The molecule has 0 fully saturated rings. The summed E-state index contributed by atoms with van der Waals surface area (Å²) >= 11 is 0. The molecule has 0 aromatic carbocycles. The van der Waals surface area contributed by atoms with Crippen LogP contribution in [0.5, 0.6) is 0 Å². The maximum atomic E-state index is 10.4. The highest BCUT2D eigenvalue weighted by atomic mass is 16.4. The molecule has 0 radical (unpaired) electrons. The monoisotopic (exact) mass is 384 g/mol. The van der Waals surface area contributed by atoms with Crippen LogP contribution in [0.25, 0.3) is 0 Å². The van der Waals surface area contributed by atoms with Gasteiger partial charge in [0.25, 0.3) is 0 Å². The molecule has 0 aliphatic heterocycles. The van der Waals surface area contributed by atoms with Crippen molar-refractivity contribution in [3.05, 3.63) is 72.9 Å². The third-order valence-electron chi connectivity index (χ3n) is 4.08. The number of hydrogen-bond donors (Lipinski definition) is 1. The molecule has 0 aliphatic rings. The maximum Gasteiger partial charge on any atom is 0.303 e. The van der Waals surface area contributed by atoms with E-state index in [2.05, 4.69) is 79.8 Å². The van der Waals surface area contributed by atoms with E-state index >= 15 is 0 Å². The highest BCUT2D eigenvalue weighted by Crippen LogP contribution is 2.04. The van der Waals surface area contributed by atoms with Gasteiger partial charge in [-0.2, -0.15) is 0 Å². The van der Waals surface area contributed by atoms with E-state index in [1.807, 2.05) is 0 Å². The summed E-state index contributed by atoms with van der Waals surface area (Å²) in [5.74, 6) is -0.690. The molecule has 0 heterocycles. The molecule has 0 aromatic rings. The van der Waals surface area contributed by atoms with Crippen molar-refractivity contribution in [1.29, 1.82) is 0 Å². The number of carboxylic acid groups (broad SMARTS) is 1. The Kier molecular flexibility index (Phi) is 21.2. The number of rotatable bonds is 18. The van der Waals surface area contributed by atoms with Crippen LogP contribution in [0.1, 0.15) is 84.0 Å². The van der Waals surface area contributed by atoms with Gasteiger partial charge >= 0.3 is 5.97 Å². The molecular weight excluding hydrogens is 344 g/mol. The SMILES string of the molecule is CCC/C=C/C/C=C/C/C=C/C/C=C/C/C=C/C/C=C/CCCCCC(=O)O. The lowest BCUT2D eigenvalue weighted by Crippen LogP contribution is -1.93. The number of carbonyl (C=O) groups is 1. The largest absolute Gasteiger partial charge is 0.481 e. The van der Waals surface area contributed by atoms with Gasteiger partial charge in [0.1, 0.15) is 0 Å². The zero-order valence-corrected chi connectivity index (χ0v) is 17.8. The first kappa shape index (κ1) is 25.9. The van der Waals surface area contributed by atoms with E-state index < -0.39 is 5.97 Å². The van der Waals surface area contributed by atoms with E-state index in [-0.39, 0.29) is 0 Å². The molecule has 0 spiro atoms. The Morgan fingerprint density at radius 3 is 1.36 bits per heavy atom. The van der Waals surface area contributed by atoms with E-state index in [0.717, 1.165) is 57.8 Å². The van der Waals surface area contributed by atoms with Gasteiger partial charge in [0.05, 0.1) is 0 Å². The van der Waals surface area contributed by atoms with E-state index in [1.165, 1.54) is 12.8 Å². The Morgan fingerprint density at radius 1 is 0.571 bits per heavy atom. The van der Waals surface area contributed by atoms with Gasteiger partial charge in [0.15, 0.2) is 0 Å². The van der Waals surface area contributed by atoms with Crippen molar-refractivity contribution < 1.29 is 9.90 Å². The summed E-state index contributed by atoms with van der Waals surface area (Å²) in [4.78, 5) is 10.4. The predicted molar refractivity (Wildman–Crippen MR) is 124 cm³/mol. The Morgan fingerprint density at radius 2 is 0.964 bits per heavy atom. The van der Waals surface area contributed by atoms with Crippen molar-refractivity contribution in [3.8, 4) is 0 Å². The van der Waals surface area contributed by atoms with Crippen LogP contribution in [0.3, 0.4) is 0 Å². The zero-order valence-electron chi connectivity index (χ0n) is 17.8. The highest BCUT2D eigenvalue weighted by Gasteiger charge is 1.94. The molecule has 0 amide bonds. The second kappa shape index (κ2) is 23.0. The fourth-order valence-electron chi connectivity index (χ4n) is 2.47. The van der Waals surface area contributed by atoms with Crippen LogP contribution in [0, 0.1) is 0 Å². The Labute approximate surface area is 173 Å². The van der Waals surface area contributed by atoms with Crippen LogP contribution in [0.2, 0.25) is 0 Å². The molecule has 156 valence electrons. The molecule has 2 nitrogen and oxygen atoms in total. The van der Waals surface area contributed by atoms with Crippen LogP contribution >= 0.6 is 0 Å². The highest BCUT2D eigenvalue weighted by molar-refractivity contribution is 5.66. The quantitative estimate of drug-likeness (QED) is 0.191. The van der Waals surface area contributed by atoms with Gasteiger partial charge in [0.2, 0.25) is 0 Å². The van der Waals surface area contributed by atoms with Crippen molar-refractivity contribution >= 4 is 5.97 Å². The minimum atomic E-state index is -0.690. The van der Waals surface area contributed by atoms with Gasteiger partial charge in [-0.05, 0) is 57.8 Å². The third kappa shape index (κ3) is 23.9. The van der Waals surface area contributed by atoms with Gasteiger partial charge in [-0.1, -0.05) is 92.7 Å². The fourth-order valence-corrected chi connectivity index (χ4v) is 2.47. The van der Waals surface area contributed by atoms with E-state index in [9.17, 15) is 4.79 Å². The van der Waals surface area contributed by atoms with Gasteiger partial charge in [-0.25, -0.2) is 0 Å². The van der Waals surface area contributed by atoms with E-state index in [1.54, 1.807) is 0 Å². The predicted octanol–water partition coefficient (Wildman–Crippen LogP) is 8.11. The lowest BCUT2D eigenvalue weighted by molar-refractivity contribution is -0.137. The number of hydrogen-bond acceptors (Lipinski definition) is 1. The molecule has 0 unspecified atom stereocenters. The molecule has 2 heteroatoms. The molecule has 1 N–H and O–H groups in total. The van der Waals surface area contributed by atoms with Gasteiger partial charge < -0.3 is 5.11 Å². The number of allylic oxidation sites excluding steroid dienone is 12. The first-order valence-corrected chi connectivity index (χ1v) is 10.9. The van der Waals surface area contributed by atoms with Crippen molar-refractivity contribution in [3.63, 3.8) is 0 Å². The Balaban J connectivity index is 3.47. The van der Waals surface area contributed by atoms with E-state index in [4.69, 9.17) is 5.11 Å². The van der Waals surface area contributed by atoms with Gasteiger partial charge in [-0.3, -0.25) is 4.79 Å². The van der Waals surface area contributed by atoms with Crippen LogP contribution in [-0.4, -0.2) is 11.1 Å². The van der Waals surface area contributed by atoms with Gasteiger partial charge in [-0.15, -0.1) is 0 Å². The standard InChI is InChI=1S/C26H40O2/c1-2-3-4-5-6-7-8-9-10-11-12-13-14-15-16-17-18-19-20-21-22-23-24-25-26(27)28/h4-5,7-8,10-11,13-14,16-17,19-20H,2-3,6,9,12,15,18,21-25H2,1H3,(H,27,28)/b5-4+,8-7+,11-10+,14-13+,17-16+,20-19+. The normalized spacial score (nSPS) is 12.9. The molecule has 0 saturated heterocycles. The van der Waals surface area contributed by atoms with Crippen molar-refractivity contribution in [1.82, 2.24) is 0 Å². The Bertz CT molecular complexity index is 519. The van der Waals surface area contributed by atoms with Gasteiger partial charge in [0, 0.05) is 6.42 Å². The average molecular weight is 385 g/mol. The first-order chi connectivity index (χ1) is 13.8. The van der Waals surface area contributed by atoms with Crippen LogP contribution < -0.4 is 0 Å². The molecule has 0 rings (SSSR count). The average Bonchev–Trinajstić information content (AvgIpc) is 2.68. The molecule has 0 bridgehead atoms. The zero-order chi connectivity index (χ0) is 20.5. The van der Waals surface area contributed by atoms with Crippen molar-refractivity contribution in [2.75, 3.05) is 0 Å². The summed E-state index contributed by atoms with van der Waals surface area (Å²) in [6.45, 7) is 2.20. The summed E-state index contributed by atoms with van der Waals surface area (Å²) in [6.07, 6.45) is 38.2. The topological polar surface area (TPSA) is 37.3 Å². The van der Waals surface area contributed by atoms with Crippen LogP contribution in [0.4, 0.5) is 0 Å². The lowest BCUT2D eigenvalue weighted by atomic mass is 10.1. The van der Waals surface area contributed by atoms with Crippen LogP contribution in [-0.2, 0) is 4.79 Å². The molecular formula is C26H40O2. The Hall–Kier alpha value is -2.09. The summed E-state index contributed by atoms with van der Waals surface area (Å²) in [5, 5.41) is 8.55. The molecule has 28 heavy (non-hydrogen) atoms. The number of unbranched alkanes of at least 4 members (excludes halogenated alkanes) is 4. The van der Waals surface area contributed by atoms with E-state index in [0.29, 0.717) is 6.42 Å². The summed E-state index contributed by atoms with van der Waals surface area (Å²) in [7, 11) is 0. The summed E-state index contributed by atoms with van der Waals surface area (Å²) in [5.41, 5.74) is 0. The molecule has 0 saturated carbocycles. The second-order valence-corrected chi connectivity index (χ2v) is 6.79. The summed E-state index contributed by atoms with van der Waals surface area (Å²) < 4.78 is 0. The molecule has 0 aliphatic carbocycles. The second-order valence-electron chi connectivity index (χ2n) is 6.79. The number of carboxylic acids is 1. The molecule has 0 aromatic heterocycles. The first-order valence-electron chi connectivity index (χ1n) is 10.9.